The number of aryl methyl sites for hydroxylation is 1. The molecule has 0 bridgehead atoms. The van der Waals surface area contributed by atoms with Crippen molar-refractivity contribution in [2.24, 2.45) is 7.05 Å². The van der Waals surface area contributed by atoms with Crippen LogP contribution < -0.4 is 20.1 Å². The predicted octanol–water partition coefficient (Wildman–Crippen LogP) is 1.95. The number of carbonyl (C=O) groups is 1. The summed E-state index contributed by atoms with van der Waals surface area (Å²) in [6, 6.07) is 4.69. The highest BCUT2D eigenvalue weighted by molar-refractivity contribution is 5.75. The van der Waals surface area contributed by atoms with Crippen LogP contribution in [0.5, 0.6) is 11.5 Å². The lowest BCUT2D eigenvalue weighted by Crippen LogP contribution is -2.39. The average molecular weight is 333 g/mol. The summed E-state index contributed by atoms with van der Waals surface area (Å²) >= 11 is 0. The monoisotopic (exact) mass is 333 g/mol. The first-order valence-corrected chi connectivity index (χ1v) is 7.59. The Bertz CT molecular complexity index is 701. The first-order chi connectivity index (χ1) is 11.5. The molecule has 1 heterocycles. The number of hydrogen-bond donors (Lipinski definition) is 2. The van der Waals surface area contributed by atoms with Gasteiger partial charge in [0.1, 0.15) is 17.8 Å². The van der Waals surface area contributed by atoms with Crippen LogP contribution in [0.2, 0.25) is 0 Å². The van der Waals surface area contributed by atoms with Gasteiger partial charge < -0.3 is 24.7 Å². The maximum absolute atomic E-state index is 12.2. The van der Waals surface area contributed by atoms with Crippen molar-refractivity contribution in [3.63, 3.8) is 0 Å². The minimum Gasteiger partial charge on any atom is -0.497 e. The zero-order valence-electron chi connectivity index (χ0n) is 14.5. The number of benzene rings is 1. The summed E-state index contributed by atoms with van der Waals surface area (Å²) in [5.74, 6) is 2.03. The van der Waals surface area contributed by atoms with Crippen LogP contribution in [0.25, 0.3) is 0 Å². The van der Waals surface area contributed by atoms with Gasteiger partial charge in [0.05, 0.1) is 26.3 Å². The van der Waals surface area contributed by atoms with Crippen LogP contribution in [0.3, 0.4) is 0 Å². The van der Waals surface area contributed by atoms with Gasteiger partial charge in [-0.2, -0.15) is 0 Å². The highest BCUT2D eigenvalue weighted by atomic mass is 16.5. The van der Waals surface area contributed by atoms with Crippen molar-refractivity contribution in [2.45, 2.75) is 25.9 Å². The van der Waals surface area contributed by atoms with E-state index in [1.165, 1.54) is 0 Å². The molecule has 0 radical (unpaired) electrons. The van der Waals surface area contributed by atoms with Crippen LogP contribution in [0.1, 0.15) is 37.3 Å². The largest absolute Gasteiger partial charge is 0.497 e. The summed E-state index contributed by atoms with van der Waals surface area (Å²) in [4.78, 5) is 12.2. The normalized spacial score (nSPS) is 13.0. The molecule has 8 heteroatoms. The van der Waals surface area contributed by atoms with Gasteiger partial charge in [-0.25, -0.2) is 4.79 Å². The summed E-state index contributed by atoms with van der Waals surface area (Å²) < 4.78 is 12.3. The molecule has 2 aromatic rings. The Morgan fingerprint density at radius 2 is 1.88 bits per heavy atom. The summed E-state index contributed by atoms with van der Waals surface area (Å²) in [7, 11) is 5.01. The molecule has 130 valence electrons. The lowest BCUT2D eigenvalue weighted by molar-refractivity contribution is 0.234. The SMILES string of the molecule is COc1ccc([C@@H](C)NC(=O)N[C@H](C)c2nncn2C)c(OC)c1. The van der Waals surface area contributed by atoms with Gasteiger partial charge in [0.15, 0.2) is 5.82 Å². The smallest absolute Gasteiger partial charge is 0.315 e. The maximum Gasteiger partial charge on any atom is 0.315 e. The molecule has 0 aliphatic carbocycles. The van der Waals surface area contributed by atoms with E-state index >= 15 is 0 Å². The average Bonchev–Trinajstić information content (AvgIpc) is 3.00. The second-order valence-corrected chi connectivity index (χ2v) is 5.47. The molecule has 2 rings (SSSR count). The quantitative estimate of drug-likeness (QED) is 0.843. The first kappa shape index (κ1) is 17.6. The minimum absolute atomic E-state index is 0.238. The molecule has 2 N–H and O–H groups in total. The van der Waals surface area contributed by atoms with E-state index in [4.69, 9.17) is 9.47 Å². The number of aromatic nitrogens is 3. The van der Waals surface area contributed by atoms with Crippen LogP contribution in [0, 0.1) is 0 Å². The summed E-state index contributed by atoms with van der Waals surface area (Å²) in [5, 5.41) is 13.5. The highest BCUT2D eigenvalue weighted by Gasteiger charge is 2.18. The van der Waals surface area contributed by atoms with E-state index in [9.17, 15) is 4.79 Å². The minimum atomic E-state index is -0.295. The standard InChI is InChI=1S/C16H23N5O3/c1-10(13-7-6-12(23-4)8-14(13)24-5)18-16(22)19-11(2)15-20-17-9-21(15)3/h6-11H,1-5H3,(H2,18,19,22)/t10-,11-/m1/s1. The summed E-state index contributed by atoms with van der Waals surface area (Å²) in [5.41, 5.74) is 0.861. The maximum atomic E-state index is 12.2. The van der Waals surface area contributed by atoms with Crippen molar-refractivity contribution in [3.8, 4) is 11.5 Å². The van der Waals surface area contributed by atoms with Crippen LogP contribution in [0.15, 0.2) is 24.5 Å². The fourth-order valence-electron chi connectivity index (χ4n) is 2.44. The molecule has 0 aliphatic rings. The van der Waals surface area contributed by atoms with E-state index in [1.54, 1.807) is 31.2 Å². The van der Waals surface area contributed by atoms with Crippen molar-refractivity contribution in [2.75, 3.05) is 14.2 Å². The number of rotatable bonds is 6. The summed E-state index contributed by atoms with van der Waals surface area (Å²) in [6.07, 6.45) is 1.59. The molecule has 0 fully saturated rings. The molecule has 0 spiro atoms. The number of ether oxygens (including phenoxy) is 2. The number of hydrogen-bond acceptors (Lipinski definition) is 5. The third-order valence-electron chi connectivity index (χ3n) is 3.74. The Morgan fingerprint density at radius 1 is 1.17 bits per heavy atom. The van der Waals surface area contributed by atoms with Crippen LogP contribution >= 0.6 is 0 Å². The fraction of sp³-hybridized carbons (Fsp3) is 0.438. The van der Waals surface area contributed by atoms with Crippen LogP contribution in [-0.4, -0.2) is 35.0 Å². The van der Waals surface area contributed by atoms with Crippen LogP contribution in [0.4, 0.5) is 4.79 Å². The lowest BCUT2D eigenvalue weighted by atomic mass is 10.1. The zero-order chi connectivity index (χ0) is 17.7. The van der Waals surface area contributed by atoms with Gasteiger partial charge in [0.25, 0.3) is 0 Å². The van der Waals surface area contributed by atoms with Gasteiger partial charge in [-0.1, -0.05) is 0 Å². The van der Waals surface area contributed by atoms with Crippen molar-refractivity contribution in [3.05, 3.63) is 35.9 Å². The zero-order valence-corrected chi connectivity index (χ0v) is 14.5. The van der Waals surface area contributed by atoms with Crippen LogP contribution in [-0.2, 0) is 7.05 Å². The van der Waals surface area contributed by atoms with Gasteiger partial charge in [-0.05, 0) is 26.0 Å². The molecule has 0 unspecified atom stereocenters. The molecular formula is C16H23N5O3. The first-order valence-electron chi connectivity index (χ1n) is 7.59. The topological polar surface area (TPSA) is 90.3 Å². The van der Waals surface area contributed by atoms with E-state index in [1.807, 2.05) is 33.0 Å². The molecule has 0 saturated heterocycles. The molecule has 0 saturated carbocycles. The molecule has 2 atom stereocenters. The fourth-order valence-corrected chi connectivity index (χ4v) is 2.44. The Hall–Kier alpha value is -2.77. The Kier molecular flexibility index (Phi) is 5.62. The van der Waals surface area contributed by atoms with Gasteiger partial charge in [-0.3, -0.25) is 0 Å². The lowest BCUT2D eigenvalue weighted by Gasteiger charge is -2.20. The Balaban J connectivity index is 2.02. The number of nitrogens with zero attached hydrogens (tertiary/aromatic N) is 3. The van der Waals surface area contributed by atoms with Gasteiger partial charge in [-0.15, -0.1) is 10.2 Å². The van der Waals surface area contributed by atoms with Gasteiger partial charge in [0, 0.05) is 18.7 Å². The molecule has 2 amide bonds. The highest BCUT2D eigenvalue weighted by Crippen LogP contribution is 2.29. The molecule has 0 aliphatic heterocycles. The number of urea groups is 1. The molecule has 8 nitrogen and oxygen atoms in total. The van der Waals surface area contributed by atoms with E-state index in [0.717, 1.165) is 5.56 Å². The van der Waals surface area contributed by atoms with Gasteiger partial charge in [0.2, 0.25) is 0 Å². The molecule has 1 aromatic heterocycles. The number of methoxy groups -OCH3 is 2. The number of nitrogens with one attached hydrogen (secondary N) is 2. The van der Waals surface area contributed by atoms with Crippen molar-refractivity contribution in [1.82, 2.24) is 25.4 Å². The Labute approximate surface area is 141 Å². The third-order valence-corrected chi connectivity index (χ3v) is 3.74. The van der Waals surface area contributed by atoms with E-state index in [0.29, 0.717) is 17.3 Å². The summed E-state index contributed by atoms with van der Waals surface area (Å²) in [6.45, 7) is 3.74. The third kappa shape index (κ3) is 3.95. The van der Waals surface area contributed by atoms with E-state index < -0.39 is 0 Å². The van der Waals surface area contributed by atoms with Crippen molar-refractivity contribution < 1.29 is 14.3 Å². The van der Waals surface area contributed by atoms with E-state index in [2.05, 4.69) is 20.8 Å². The molecule has 1 aromatic carbocycles. The van der Waals surface area contributed by atoms with Crippen molar-refractivity contribution in [1.29, 1.82) is 0 Å². The number of amides is 2. The second kappa shape index (κ2) is 7.67. The predicted molar refractivity (Wildman–Crippen MR) is 89.0 cm³/mol. The molecular weight excluding hydrogens is 310 g/mol. The Morgan fingerprint density at radius 3 is 2.46 bits per heavy atom. The molecule has 24 heavy (non-hydrogen) atoms. The van der Waals surface area contributed by atoms with Crippen molar-refractivity contribution >= 4 is 6.03 Å². The van der Waals surface area contributed by atoms with Gasteiger partial charge >= 0.3 is 6.03 Å². The van der Waals surface area contributed by atoms with E-state index in [-0.39, 0.29) is 18.1 Å². The number of carbonyl (C=O) groups excluding carboxylic acids is 1. The second-order valence-electron chi connectivity index (χ2n) is 5.47.